The lowest BCUT2D eigenvalue weighted by molar-refractivity contribution is 0.659. The van der Waals surface area contributed by atoms with E-state index in [0.717, 1.165) is 99.8 Å². The molecule has 0 saturated heterocycles. The number of furan rings is 2. The fourth-order valence-corrected chi connectivity index (χ4v) is 8.85. The van der Waals surface area contributed by atoms with Crippen LogP contribution in [0.25, 0.3) is 65.8 Å². The van der Waals surface area contributed by atoms with Crippen molar-refractivity contribution in [2.75, 3.05) is 10.2 Å². The Hall–Kier alpha value is -7.89. The molecule has 9 aromatic carbocycles. The van der Waals surface area contributed by atoms with Crippen LogP contribution in [0.2, 0.25) is 0 Å². The van der Waals surface area contributed by atoms with Gasteiger partial charge < -0.3 is 19.1 Å². The largest absolute Gasteiger partial charge is 0.456 e. The van der Waals surface area contributed by atoms with Crippen LogP contribution in [0.15, 0.2) is 214 Å². The molecule has 0 radical (unpaired) electrons. The van der Waals surface area contributed by atoms with E-state index in [1.165, 1.54) is 11.1 Å². The molecule has 2 aromatic heterocycles. The van der Waals surface area contributed by atoms with Crippen molar-refractivity contribution in [3.8, 4) is 11.1 Å². The summed E-state index contributed by atoms with van der Waals surface area (Å²) in [5, 5.41) is 10.3. The van der Waals surface area contributed by atoms with E-state index in [1.54, 1.807) is 0 Å². The standard InChI is InChI=1S/C54H35N3O2/c1-3-13-34(14-4-1)35-23-27-39(28-24-35)57(38-16-5-2-6-17-38)40-32-46-43-29-25-36-15-7-8-18-41(36)52(43)59-53(46)47(33-40)54-55-48-21-11-9-20-44(48)51(56-54)37-26-30-50-45(31-37)42-19-10-12-22-49(42)58-50/h1-33,54-55H. The Labute approximate surface area is 340 Å². The maximum absolute atomic E-state index is 7.05. The zero-order chi connectivity index (χ0) is 38.9. The first-order valence-electron chi connectivity index (χ1n) is 20.0. The topological polar surface area (TPSA) is 53.9 Å². The highest BCUT2D eigenvalue weighted by Gasteiger charge is 2.28. The molecule has 1 N–H and O–H groups in total. The molecule has 5 heteroatoms. The number of rotatable bonds is 6. The number of fused-ring (bicyclic) bond motifs is 9. The van der Waals surface area contributed by atoms with Crippen LogP contribution in [-0.2, 0) is 0 Å². The number of para-hydroxylation sites is 3. The van der Waals surface area contributed by atoms with E-state index in [4.69, 9.17) is 13.8 Å². The van der Waals surface area contributed by atoms with Gasteiger partial charge in [-0.25, -0.2) is 0 Å². The number of nitrogens with one attached hydrogen (secondary N) is 1. The summed E-state index contributed by atoms with van der Waals surface area (Å²) in [6.45, 7) is 0. The Morgan fingerprint density at radius 1 is 0.424 bits per heavy atom. The van der Waals surface area contributed by atoms with Crippen LogP contribution in [0.3, 0.4) is 0 Å². The predicted molar refractivity (Wildman–Crippen MR) is 244 cm³/mol. The second kappa shape index (κ2) is 13.4. The minimum absolute atomic E-state index is 0.468. The third kappa shape index (κ3) is 5.51. The van der Waals surface area contributed by atoms with Crippen LogP contribution >= 0.6 is 0 Å². The average Bonchev–Trinajstić information content (AvgIpc) is 3.88. The van der Waals surface area contributed by atoms with Gasteiger partial charge in [0.15, 0.2) is 0 Å². The molecule has 278 valence electrons. The van der Waals surface area contributed by atoms with E-state index in [9.17, 15) is 0 Å². The molecule has 0 spiro atoms. The summed E-state index contributed by atoms with van der Waals surface area (Å²) in [5.41, 5.74) is 13.8. The van der Waals surface area contributed by atoms with Crippen LogP contribution < -0.4 is 10.2 Å². The Balaban J connectivity index is 1.10. The molecular formula is C54H35N3O2. The number of nitrogens with zero attached hydrogens (tertiary/aromatic N) is 2. The maximum Gasteiger partial charge on any atom is 0.149 e. The Bertz CT molecular complexity index is 3420. The quantitative estimate of drug-likeness (QED) is 0.184. The molecule has 1 aliphatic heterocycles. The number of benzene rings is 9. The molecule has 11 aromatic rings. The molecule has 0 fully saturated rings. The number of hydrogen-bond acceptors (Lipinski definition) is 5. The molecule has 0 amide bonds. The van der Waals surface area contributed by atoms with Gasteiger partial charge in [-0.3, -0.25) is 4.99 Å². The van der Waals surface area contributed by atoms with E-state index >= 15 is 0 Å². The third-order valence-corrected chi connectivity index (χ3v) is 11.7. The molecule has 0 saturated carbocycles. The second-order valence-corrected chi connectivity index (χ2v) is 15.1. The molecule has 1 atom stereocenters. The van der Waals surface area contributed by atoms with Crippen molar-refractivity contribution >= 4 is 83.1 Å². The molecule has 0 aliphatic carbocycles. The van der Waals surface area contributed by atoms with Gasteiger partial charge in [0, 0.05) is 66.4 Å². The second-order valence-electron chi connectivity index (χ2n) is 15.1. The summed E-state index contributed by atoms with van der Waals surface area (Å²) in [7, 11) is 0. The Kier molecular flexibility index (Phi) is 7.53. The van der Waals surface area contributed by atoms with Crippen LogP contribution in [0, 0.1) is 0 Å². The highest BCUT2D eigenvalue weighted by molar-refractivity contribution is 6.20. The summed E-state index contributed by atoms with van der Waals surface area (Å²) in [5.74, 6) is 0. The van der Waals surface area contributed by atoms with E-state index in [1.807, 2.05) is 12.1 Å². The van der Waals surface area contributed by atoms with Gasteiger partial charge >= 0.3 is 0 Å². The summed E-state index contributed by atoms with van der Waals surface area (Å²) in [6, 6.07) is 70.3. The van der Waals surface area contributed by atoms with E-state index < -0.39 is 6.17 Å². The predicted octanol–water partition coefficient (Wildman–Crippen LogP) is 14.7. The van der Waals surface area contributed by atoms with Crippen molar-refractivity contribution < 1.29 is 8.83 Å². The zero-order valence-electron chi connectivity index (χ0n) is 31.8. The first-order chi connectivity index (χ1) is 29.2. The first kappa shape index (κ1) is 33.3. The van der Waals surface area contributed by atoms with Gasteiger partial charge in [-0.1, -0.05) is 127 Å². The highest BCUT2D eigenvalue weighted by Crippen LogP contribution is 2.45. The van der Waals surface area contributed by atoms with Crippen molar-refractivity contribution in [2.45, 2.75) is 6.17 Å². The lowest BCUT2D eigenvalue weighted by Gasteiger charge is -2.29. The summed E-state index contributed by atoms with van der Waals surface area (Å²) < 4.78 is 13.3. The molecule has 1 aliphatic rings. The Morgan fingerprint density at radius 3 is 1.97 bits per heavy atom. The van der Waals surface area contributed by atoms with Crippen LogP contribution in [0.1, 0.15) is 22.9 Å². The van der Waals surface area contributed by atoms with E-state index in [2.05, 4.69) is 198 Å². The normalized spacial score (nSPS) is 13.8. The average molecular weight is 758 g/mol. The summed E-state index contributed by atoms with van der Waals surface area (Å²) in [6.07, 6.45) is -0.468. The van der Waals surface area contributed by atoms with Gasteiger partial charge in [0.25, 0.3) is 0 Å². The fourth-order valence-electron chi connectivity index (χ4n) is 8.85. The molecule has 12 rings (SSSR count). The van der Waals surface area contributed by atoms with Gasteiger partial charge in [0.1, 0.15) is 28.5 Å². The van der Waals surface area contributed by atoms with Crippen LogP contribution in [0.5, 0.6) is 0 Å². The zero-order valence-corrected chi connectivity index (χ0v) is 31.8. The van der Waals surface area contributed by atoms with Gasteiger partial charge in [-0.05, 0) is 89.3 Å². The summed E-state index contributed by atoms with van der Waals surface area (Å²) in [4.78, 5) is 7.94. The van der Waals surface area contributed by atoms with Gasteiger partial charge in [-0.15, -0.1) is 0 Å². The number of hydrogen-bond donors (Lipinski definition) is 1. The Morgan fingerprint density at radius 2 is 1.10 bits per heavy atom. The molecule has 3 heterocycles. The third-order valence-electron chi connectivity index (χ3n) is 11.7. The van der Waals surface area contributed by atoms with Gasteiger partial charge in [0.05, 0.1) is 5.71 Å². The highest BCUT2D eigenvalue weighted by atomic mass is 16.3. The van der Waals surface area contributed by atoms with E-state index in [0.29, 0.717) is 0 Å². The van der Waals surface area contributed by atoms with E-state index in [-0.39, 0.29) is 0 Å². The molecule has 1 unspecified atom stereocenters. The monoisotopic (exact) mass is 757 g/mol. The van der Waals surface area contributed by atoms with Gasteiger partial charge in [0.2, 0.25) is 0 Å². The number of aliphatic imine (C=N–C) groups is 1. The van der Waals surface area contributed by atoms with Crippen molar-refractivity contribution in [1.82, 2.24) is 0 Å². The minimum atomic E-state index is -0.468. The van der Waals surface area contributed by atoms with Crippen LogP contribution in [-0.4, -0.2) is 5.71 Å². The molecular weight excluding hydrogens is 723 g/mol. The SMILES string of the molecule is c1ccc(-c2ccc(N(c3ccccc3)c3cc(C4N=C(c5ccc6oc7ccccc7c6c5)c5ccccc5N4)c4oc5c6ccccc6ccc5c4c3)cc2)cc1. The minimum Gasteiger partial charge on any atom is -0.456 e. The maximum atomic E-state index is 7.05. The van der Waals surface area contributed by atoms with Crippen molar-refractivity contribution in [2.24, 2.45) is 4.99 Å². The van der Waals surface area contributed by atoms with Crippen molar-refractivity contribution in [3.63, 3.8) is 0 Å². The van der Waals surface area contributed by atoms with Crippen molar-refractivity contribution in [1.29, 1.82) is 0 Å². The molecule has 59 heavy (non-hydrogen) atoms. The number of anilines is 4. The van der Waals surface area contributed by atoms with Crippen molar-refractivity contribution in [3.05, 3.63) is 217 Å². The fraction of sp³-hybridized carbons (Fsp3) is 0.0185. The smallest absolute Gasteiger partial charge is 0.149 e. The summed E-state index contributed by atoms with van der Waals surface area (Å²) >= 11 is 0. The van der Waals surface area contributed by atoms with Gasteiger partial charge in [-0.2, -0.15) is 0 Å². The molecule has 5 nitrogen and oxygen atoms in total. The first-order valence-corrected chi connectivity index (χ1v) is 20.0. The molecule has 0 bridgehead atoms. The lowest BCUT2D eigenvalue weighted by atomic mass is 9.95. The van der Waals surface area contributed by atoms with Crippen LogP contribution in [0.4, 0.5) is 22.7 Å². The lowest BCUT2D eigenvalue weighted by Crippen LogP contribution is -2.21.